The van der Waals surface area contributed by atoms with Gasteiger partial charge in [-0.05, 0) is 38.3 Å². The van der Waals surface area contributed by atoms with Gasteiger partial charge in [0.1, 0.15) is 11.3 Å². The van der Waals surface area contributed by atoms with E-state index in [2.05, 4.69) is 39.3 Å². The highest BCUT2D eigenvalue weighted by Crippen LogP contribution is 2.36. The van der Waals surface area contributed by atoms with Gasteiger partial charge in [0.05, 0.1) is 59.2 Å². The van der Waals surface area contributed by atoms with E-state index in [1.54, 1.807) is 11.3 Å². The molecule has 0 spiro atoms. The van der Waals surface area contributed by atoms with Gasteiger partial charge in [-0.1, -0.05) is 0 Å². The lowest BCUT2D eigenvalue weighted by Gasteiger charge is -2.31. The molecule has 0 radical (unpaired) electrons. The summed E-state index contributed by atoms with van der Waals surface area (Å²) < 4.78 is 9.49. The van der Waals surface area contributed by atoms with Crippen molar-refractivity contribution >= 4 is 32.6 Å². The first-order valence-corrected chi connectivity index (χ1v) is 9.50. The van der Waals surface area contributed by atoms with Crippen molar-refractivity contribution in [2.24, 2.45) is 0 Å². The zero-order chi connectivity index (χ0) is 17.4. The Morgan fingerprint density at radius 1 is 1.48 bits per heavy atom. The summed E-state index contributed by atoms with van der Waals surface area (Å²) in [4.78, 5) is 9.42. The van der Waals surface area contributed by atoms with Crippen molar-refractivity contribution in [1.82, 2.24) is 19.9 Å². The van der Waals surface area contributed by atoms with Crippen molar-refractivity contribution in [2.75, 3.05) is 13.7 Å². The SMILES string of the molecule is CNC(C)c1nc2cnc3ccsc3c2n1C1CCC(CC#N)OC1. The number of nitrogens with zero attached hydrogens (tertiary/aromatic N) is 4. The molecule has 6 nitrogen and oxygen atoms in total. The van der Waals surface area contributed by atoms with Gasteiger partial charge >= 0.3 is 0 Å². The zero-order valence-corrected chi connectivity index (χ0v) is 15.2. The molecular formula is C18H21N5OS. The lowest BCUT2D eigenvalue weighted by Crippen LogP contribution is -2.30. The van der Waals surface area contributed by atoms with Crippen LogP contribution in [0.5, 0.6) is 0 Å². The number of hydrogen-bond acceptors (Lipinski definition) is 6. The molecule has 4 rings (SSSR count). The molecule has 0 aromatic carbocycles. The number of pyridine rings is 1. The third kappa shape index (κ3) is 2.80. The van der Waals surface area contributed by atoms with E-state index in [0.29, 0.717) is 13.0 Å². The van der Waals surface area contributed by atoms with Gasteiger partial charge in [0, 0.05) is 0 Å². The summed E-state index contributed by atoms with van der Waals surface area (Å²) in [5, 5.41) is 14.3. The monoisotopic (exact) mass is 355 g/mol. The molecular weight excluding hydrogens is 334 g/mol. The van der Waals surface area contributed by atoms with Crippen molar-refractivity contribution in [1.29, 1.82) is 5.26 Å². The molecule has 3 aromatic rings. The van der Waals surface area contributed by atoms with Crippen LogP contribution in [0.4, 0.5) is 0 Å². The predicted molar refractivity (Wildman–Crippen MR) is 98.6 cm³/mol. The summed E-state index contributed by atoms with van der Waals surface area (Å²) in [7, 11) is 1.95. The maximum Gasteiger partial charge on any atom is 0.127 e. The largest absolute Gasteiger partial charge is 0.375 e. The summed E-state index contributed by atoms with van der Waals surface area (Å²) in [5.74, 6) is 1.02. The topological polar surface area (TPSA) is 75.8 Å². The molecule has 3 aromatic heterocycles. The number of hydrogen-bond donors (Lipinski definition) is 1. The highest BCUT2D eigenvalue weighted by Gasteiger charge is 2.28. The fourth-order valence-corrected chi connectivity index (χ4v) is 4.45. The number of nitriles is 1. The first kappa shape index (κ1) is 16.5. The lowest BCUT2D eigenvalue weighted by molar-refractivity contribution is -0.00845. The molecule has 7 heteroatoms. The van der Waals surface area contributed by atoms with E-state index in [0.717, 1.165) is 35.2 Å². The number of thiophene rings is 1. The molecule has 130 valence electrons. The van der Waals surface area contributed by atoms with Crippen LogP contribution < -0.4 is 5.32 Å². The summed E-state index contributed by atoms with van der Waals surface area (Å²) in [6, 6.07) is 4.64. The number of fused-ring (bicyclic) bond motifs is 3. The van der Waals surface area contributed by atoms with Crippen LogP contribution in [-0.4, -0.2) is 34.3 Å². The number of imidazole rings is 1. The van der Waals surface area contributed by atoms with Gasteiger partial charge in [-0.3, -0.25) is 4.98 Å². The molecule has 1 aliphatic heterocycles. The van der Waals surface area contributed by atoms with E-state index in [9.17, 15) is 0 Å². The maximum absolute atomic E-state index is 8.89. The zero-order valence-electron chi connectivity index (χ0n) is 14.4. The number of aromatic nitrogens is 3. The molecule has 0 amide bonds. The van der Waals surface area contributed by atoms with Crippen LogP contribution >= 0.6 is 11.3 Å². The number of rotatable bonds is 4. The second-order valence-corrected chi connectivity index (χ2v) is 7.44. The van der Waals surface area contributed by atoms with Gasteiger partial charge in [-0.25, -0.2) is 4.98 Å². The molecule has 25 heavy (non-hydrogen) atoms. The van der Waals surface area contributed by atoms with E-state index >= 15 is 0 Å². The van der Waals surface area contributed by atoms with Crippen LogP contribution in [0.15, 0.2) is 17.6 Å². The molecule has 4 heterocycles. The minimum Gasteiger partial charge on any atom is -0.375 e. The van der Waals surface area contributed by atoms with Crippen LogP contribution in [-0.2, 0) is 4.74 Å². The first-order chi connectivity index (χ1) is 12.2. The molecule has 1 N–H and O–H groups in total. The highest BCUT2D eigenvalue weighted by molar-refractivity contribution is 7.18. The Bertz CT molecular complexity index is 932. The van der Waals surface area contributed by atoms with E-state index < -0.39 is 0 Å². The van der Waals surface area contributed by atoms with Gasteiger partial charge in [-0.15, -0.1) is 11.3 Å². The van der Waals surface area contributed by atoms with Crippen molar-refractivity contribution in [3.63, 3.8) is 0 Å². The highest BCUT2D eigenvalue weighted by atomic mass is 32.1. The Labute approximate surface area is 150 Å². The van der Waals surface area contributed by atoms with Gasteiger partial charge in [-0.2, -0.15) is 5.26 Å². The average molecular weight is 355 g/mol. The number of ether oxygens (including phenoxy) is 1. The van der Waals surface area contributed by atoms with Crippen LogP contribution in [0.2, 0.25) is 0 Å². The normalized spacial score (nSPS) is 22.3. The van der Waals surface area contributed by atoms with Crippen LogP contribution in [0, 0.1) is 11.3 Å². The van der Waals surface area contributed by atoms with Gasteiger partial charge in [0.15, 0.2) is 0 Å². The molecule has 1 aliphatic rings. The fourth-order valence-electron chi connectivity index (χ4n) is 3.56. The summed E-state index contributed by atoms with van der Waals surface area (Å²) >= 11 is 1.71. The van der Waals surface area contributed by atoms with E-state index in [4.69, 9.17) is 15.0 Å². The third-order valence-corrected chi connectivity index (χ3v) is 5.91. The second kappa shape index (κ2) is 6.71. The van der Waals surface area contributed by atoms with Gasteiger partial charge < -0.3 is 14.6 Å². The molecule has 0 bridgehead atoms. The molecule has 1 saturated heterocycles. The van der Waals surface area contributed by atoms with Gasteiger partial charge in [0.2, 0.25) is 0 Å². The fraction of sp³-hybridized carbons (Fsp3) is 0.500. The van der Waals surface area contributed by atoms with E-state index in [1.165, 1.54) is 4.70 Å². The maximum atomic E-state index is 8.89. The molecule has 0 saturated carbocycles. The Morgan fingerprint density at radius 3 is 3.08 bits per heavy atom. The Kier molecular flexibility index (Phi) is 4.42. The minimum atomic E-state index is 0.0598. The standard InChI is InChI=1S/C18H21N5OS/c1-11(20-2)18-22-15-9-21-14-6-8-25-17(14)16(15)23(18)12-3-4-13(5-7-19)24-10-12/h6,8-9,11-13,20H,3-5,10H2,1-2H3. The molecule has 0 aliphatic carbocycles. The molecule has 3 atom stereocenters. The average Bonchev–Trinajstić information content (AvgIpc) is 3.25. The molecule has 1 fully saturated rings. The quantitative estimate of drug-likeness (QED) is 0.774. The van der Waals surface area contributed by atoms with Crippen molar-refractivity contribution in [3.05, 3.63) is 23.5 Å². The summed E-state index contributed by atoms with van der Waals surface area (Å²) in [6.07, 6.45) is 4.30. The smallest absolute Gasteiger partial charge is 0.127 e. The van der Waals surface area contributed by atoms with Crippen LogP contribution in [0.3, 0.4) is 0 Å². The Balaban J connectivity index is 1.83. The van der Waals surface area contributed by atoms with Crippen LogP contribution in [0.25, 0.3) is 21.3 Å². The third-order valence-electron chi connectivity index (χ3n) is 5.00. The lowest BCUT2D eigenvalue weighted by atomic mass is 10.0. The first-order valence-electron chi connectivity index (χ1n) is 8.62. The predicted octanol–water partition coefficient (Wildman–Crippen LogP) is 3.56. The van der Waals surface area contributed by atoms with Gasteiger partial charge in [0.25, 0.3) is 0 Å². The summed E-state index contributed by atoms with van der Waals surface area (Å²) in [6.45, 7) is 2.75. The number of nitrogens with one attached hydrogen (secondary N) is 1. The van der Waals surface area contributed by atoms with Crippen molar-refractivity contribution < 1.29 is 4.74 Å². The Morgan fingerprint density at radius 2 is 2.36 bits per heavy atom. The van der Waals surface area contributed by atoms with Crippen molar-refractivity contribution in [3.8, 4) is 6.07 Å². The second-order valence-electron chi connectivity index (χ2n) is 6.53. The summed E-state index contributed by atoms with van der Waals surface area (Å²) in [5.41, 5.74) is 3.11. The van der Waals surface area contributed by atoms with Crippen molar-refractivity contribution in [2.45, 2.75) is 44.4 Å². The van der Waals surface area contributed by atoms with E-state index in [1.807, 2.05) is 13.2 Å². The van der Waals surface area contributed by atoms with Crippen LogP contribution in [0.1, 0.15) is 44.1 Å². The van der Waals surface area contributed by atoms with E-state index in [-0.39, 0.29) is 18.2 Å². The minimum absolute atomic E-state index is 0.0598. The molecule has 3 unspecified atom stereocenters. The Hall–Kier alpha value is -2.01.